The summed E-state index contributed by atoms with van der Waals surface area (Å²) < 4.78 is 12.9. The summed E-state index contributed by atoms with van der Waals surface area (Å²) in [5.74, 6) is 0.291. The highest BCUT2D eigenvalue weighted by molar-refractivity contribution is 6.30. The SMILES string of the molecule is CC(C)(Oc1ccc(Cl)cc1)C(=O)C(Oc1cccc(Cl)n1)n1cncn1. The topological polar surface area (TPSA) is 79.1 Å². The van der Waals surface area contributed by atoms with Gasteiger partial charge in [-0.1, -0.05) is 29.3 Å². The molecule has 0 saturated carbocycles. The Labute approximate surface area is 165 Å². The van der Waals surface area contributed by atoms with Crippen LogP contribution in [0.5, 0.6) is 11.6 Å². The lowest BCUT2D eigenvalue weighted by Crippen LogP contribution is -2.45. The van der Waals surface area contributed by atoms with Crippen LogP contribution in [0.1, 0.15) is 20.1 Å². The molecule has 9 heteroatoms. The number of benzene rings is 1. The Hall–Kier alpha value is -2.64. The van der Waals surface area contributed by atoms with E-state index in [1.54, 1.807) is 56.3 Å². The monoisotopic (exact) mass is 406 g/mol. The van der Waals surface area contributed by atoms with E-state index in [1.807, 2.05) is 0 Å². The zero-order valence-corrected chi connectivity index (χ0v) is 16.1. The average Bonchev–Trinajstić information content (AvgIpc) is 3.15. The highest BCUT2D eigenvalue weighted by Crippen LogP contribution is 2.26. The summed E-state index contributed by atoms with van der Waals surface area (Å²) in [7, 11) is 0. The van der Waals surface area contributed by atoms with E-state index in [4.69, 9.17) is 32.7 Å². The molecule has 0 saturated heterocycles. The van der Waals surface area contributed by atoms with Crippen LogP contribution in [0.3, 0.4) is 0 Å². The van der Waals surface area contributed by atoms with E-state index in [0.717, 1.165) is 0 Å². The molecule has 0 fully saturated rings. The first-order valence-electron chi connectivity index (χ1n) is 7.97. The fraction of sp³-hybridized carbons (Fsp3) is 0.222. The van der Waals surface area contributed by atoms with Gasteiger partial charge in [-0.05, 0) is 44.2 Å². The maximum Gasteiger partial charge on any atom is 0.257 e. The Kier molecular flexibility index (Phi) is 5.62. The summed E-state index contributed by atoms with van der Waals surface area (Å²) >= 11 is 11.8. The molecule has 2 aromatic heterocycles. The molecule has 1 aromatic carbocycles. The van der Waals surface area contributed by atoms with E-state index >= 15 is 0 Å². The Morgan fingerprint density at radius 1 is 1.15 bits per heavy atom. The number of aromatic nitrogens is 4. The molecule has 27 heavy (non-hydrogen) atoms. The van der Waals surface area contributed by atoms with Crippen molar-refractivity contribution >= 4 is 29.0 Å². The number of nitrogens with zero attached hydrogens (tertiary/aromatic N) is 4. The predicted octanol–water partition coefficient (Wildman–Crippen LogP) is 3.98. The summed E-state index contributed by atoms with van der Waals surface area (Å²) in [6, 6.07) is 11.6. The van der Waals surface area contributed by atoms with Crippen molar-refractivity contribution in [3.63, 3.8) is 0 Å². The lowest BCUT2D eigenvalue weighted by atomic mass is 10.0. The van der Waals surface area contributed by atoms with Crippen molar-refractivity contribution in [2.45, 2.75) is 25.7 Å². The molecule has 0 aliphatic carbocycles. The lowest BCUT2D eigenvalue weighted by Gasteiger charge is -2.29. The third kappa shape index (κ3) is 4.75. The van der Waals surface area contributed by atoms with Gasteiger partial charge in [-0.2, -0.15) is 5.10 Å². The first kappa shape index (κ1) is 19.1. The maximum atomic E-state index is 13.2. The second-order valence-electron chi connectivity index (χ2n) is 6.07. The molecule has 0 bridgehead atoms. The van der Waals surface area contributed by atoms with Gasteiger partial charge in [-0.3, -0.25) is 4.79 Å². The van der Waals surface area contributed by atoms with Gasteiger partial charge in [0.05, 0.1) is 0 Å². The van der Waals surface area contributed by atoms with E-state index in [9.17, 15) is 4.79 Å². The van der Waals surface area contributed by atoms with E-state index in [0.29, 0.717) is 10.8 Å². The van der Waals surface area contributed by atoms with Gasteiger partial charge in [0.25, 0.3) is 6.23 Å². The number of ketones is 1. The molecule has 2 heterocycles. The molecule has 1 atom stereocenters. The summed E-state index contributed by atoms with van der Waals surface area (Å²) in [4.78, 5) is 21.1. The predicted molar refractivity (Wildman–Crippen MR) is 100 cm³/mol. The van der Waals surface area contributed by atoms with Crippen LogP contribution in [-0.2, 0) is 4.79 Å². The molecule has 0 N–H and O–H groups in total. The normalized spacial score (nSPS) is 12.4. The summed E-state index contributed by atoms with van der Waals surface area (Å²) in [5, 5.41) is 4.83. The van der Waals surface area contributed by atoms with Crippen LogP contribution in [0.4, 0.5) is 0 Å². The van der Waals surface area contributed by atoms with Gasteiger partial charge in [-0.25, -0.2) is 14.6 Å². The van der Waals surface area contributed by atoms with Crippen LogP contribution in [0.15, 0.2) is 55.1 Å². The lowest BCUT2D eigenvalue weighted by molar-refractivity contribution is -0.144. The summed E-state index contributed by atoms with van der Waals surface area (Å²) in [5.41, 5.74) is -1.23. The van der Waals surface area contributed by atoms with Crippen molar-refractivity contribution in [2.75, 3.05) is 0 Å². The maximum absolute atomic E-state index is 13.2. The molecule has 1 unspecified atom stereocenters. The third-order valence-electron chi connectivity index (χ3n) is 3.60. The van der Waals surface area contributed by atoms with E-state index in [2.05, 4.69) is 15.1 Å². The molecule has 0 amide bonds. The van der Waals surface area contributed by atoms with Gasteiger partial charge in [-0.15, -0.1) is 0 Å². The molecule has 0 radical (unpaired) electrons. The van der Waals surface area contributed by atoms with Crippen LogP contribution < -0.4 is 9.47 Å². The third-order valence-corrected chi connectivity index (χ3v) is 4.07. The zero-order chi connectivity index (χ0) is 19.4. The number of carbonyl (C=O) groups is 1. The number of ether oxygens (including phenoxy) is 2. The molecule has 140 valence electrons. The Balaban J connectivity index is 1.86. The Morgan fingerprint density at radius 2 is 1.89 bits per heavy atom. The first-order valence-corrected chi connectivity index (χ1v) is 8.73. The quantitative estimate of drug-likeness (QED) is 0.552. The molecule has 0 spiro atoms. The highest BCUT2D eigenvalue weighted by Gasteiger charge is 2.39. The number of halogens is 2. The van der Waals surface area contributed by atoms with Gasteiger partial charge in [0.1, 0.15) is 23.6 Å². The molecule has 0 aliphatic heterocycles. The van der Waals surface area contributed by atoms with Crippen molar-refractivity contribution in [1.82, 2.24) is 19.7 Å². The molecule has 0 aliphatic rings. The van der Waals surface area contributed by atoms with Gasteiger partial charge in [0.2, 0.25) is 11.7 Å². The fourth-order valence-electron chi connectivity index (χ4n) is 2.28. The Bertz CT molecular complexity index is 915. The standard InChI is InChI=1S/C18H16Cl2N4O3/c1-18(2,27-13-8-6-12(19)7-9-13)16(25)17(24-11-21-10-22-24)26-15-5-3-4-14(20)23-15/h3-11,17H,1-2H3. The first-order chi connectivity index (χ1) is 12.8. The van der Waals surface area contributed by atoms with Crippen LogP contribution in [0.2, 0.25) is 10.2 Å². The van der Waals surface area contributed by atoms with Gasteiger partial charge in [0.15, 0.2) is 5.60 Å². The van der Waals surface area contributed by atoms with Crippen molar-refractivity contribution in [3.8, 4) is 11.6 Å². The molecule has 3 aromatic rings. The van der Waals surface area contributed by atoms with Crippen LogP contribution in [-0.4, -0.2) is 31.1 Å². The largest absolute Gasteiger partial charge is 0.480 e. The Morgan fingerprint density at radius 3 is 2.52 bits per heavy atom. The van der Waals surface area contributed by atoms with E-state index < -0.39 is 11.8 Å². The minimum absolute atomic E-state index is 0.179. The molecule has 7 nitrogen and oxygen atoms in total. The average molecular weight is 407 g/mol. The number of rotatable bonds is 7. The van der Waals surface area contributed by atoms with Crippen molar-refractivity contribution in [3.05, 3.63) is 65.3 Å². The van der Waals surface area contributed by atoms with Crippen molar-refractivity contribution < 1.29 is 14.3 Å². The number of hydrogen-bond donors (Lipinski definition) is 0. The minimum atomic E-state index is -1.23. The van der Waals surface area contributed by atoms with Gasteiger partial charge >= 0.3 is 0 Å². The molecular weight excluding hydrogens is 391 g/mol. The van der Waals surface area contributed by atoms with Crippen LogP contribution in [0.25, 0.3) is 0 Å². The number of carbonyl (C=O) groups excluding carboxylic acids is 1. The second-order valence-corrected chi connectivity index (χ2v) is 6.90. The summed E-state index contributed by atoms with van der Waals surface area (Å²) in [6.07, 6.45) is 1.55. The van der Waals surface area contributed by atoms with E-state index in [1.165, 1.54) is 17.3 Å². The van der Waals surface area contributed by atoms with Crippen molar-refractivity contribution in [1.29, 1.82) is 0 Å². The second kappa shape index (κ2) is 7.94. The van der Waals surface area contributed by atoms with Crippen LogP contribution >= 0.6 is 23.2 Å². The van der Waals surface area contributed by atoms with Gasteiger partial charge < -0.3 is 9.47 Å². The number of Topliss-reactive ketones (excluding diaryl/α,β-unsaturated/α-hetero) is 1. The summed E-state index contributed by atoms with van der Waals surface area (Å²) in [6.45, 7) is 3.28. The minimum Gasteiger partial charge on any atom is -0.480 e. The highest BCUT2D eigenvalue weighted by atomic mass is 35.5. The number of hydrogen-bond acceptors (Lipinski definition) is 6. The van der Waals surface area contributed by atoms with E-state index in [-0.39, 0.29) is 16.8 Å². The number of pyridine rings is 1. The van der Waals surface area contributed by atoms with Crippen molar-refractivity contribution in [2.24, 2.45) is 0 Å². The molecule has 3 rings (SSSR count). The smallest absolute Gasteiger partial charge is 0.257 e. The zero-order valence-electron chi connectivity index (χ0n) is 14.5. The van der Waals surface area contributed by atoms with Gasteiger partial charge in [0, 0.05) is 11.1 Å². The molecular formula is C18H16Cl2N4O3. The fourth-order valence-corrected chi connectivity index (χ4v) is 2.56. The van der Waals surface area contributed by atoms with Crippen LogP contribution in [0, 0.1) is 0 Å².